The highest BCUT2D eigenvalue weighted by Gasteiger charge is 2.41. The summed E-state index contributed by atoms with van der Waals surface area (Å²) in [6.07, 6.45) is 0.825. The number of carbonyl (C=O) groups excluding carboxylic acids is 2. The summed E-state index contributed by atoms with van der Waals surface area (Å²) in [6.45, 7) is 0.612. The molecule has 0 spiro atoms. The van der Waals surface area contributed by atoms with Crippen molar-refractivity contribution < 1.29 is 18.4 Å². The molecule has 0 radical (unpaired) electrons. The van der Waals surface area contributed by atoms with Crippen molar-refractivity contribution in [2.45, 2.75) is 44.1 Å². The number of nitrogens with zero attached hydrogens (tertiary/aromatic N) is 2. The summed E-state index contributed by atoms with van der Waals surface area (Å²) in [5.41, 5.74) is 1.55. The molecule has 2 aromatic rings. The van der Waals surface area contributed by atoms with Gasteiger partial charge in [-0.2, -0.15) is 0 Å². The van der Waals surface area contributed by atoms with Crippen LogP contribution in [-0.4, -0.2) is 65.2 Å². The molecular formula is C20H25F2N5O2. The Morgan fingerprint density at radius 1 is 1.24 bits per heavy atom. The minimum Gasteiger partial charge on any atom is -0.357 e. The van der Waals surface area contributed by atoms with Crippen LogP contribution in [0.2, 0.25) is 0 Å². The Kier molecular flexibility index (Phi) is 5.29. The zero-order valence-corrected chi connectivity index (χ0v) is 16.3. The Bertz CT molecular complexity index is 913. The van der Waals surface area contributed by atoms with Gasteiger partial charge >= 0.3 is 12.1 Å². The molecule has 7 nitrogen and oxygen atoms in total. The molecule has 1 saturated heterocycles. The molecule has 3 N–H and O–H groups in total. The van der Waals surface area contributed by atoms with E-state index in [0.717, 1.165) is 29.4 Å². The first-order chi connectivity index (χ1) is 13.9. The molecule has 1 aromatic heterocycles. The van der Waals surface area contributed by atoms with Crippen LogP contribution >= 0.6 is 0 Å². The highest BCUT2D eigenvalue weighted by molar-refractivity contribution is 5.81. The molecule has 2 aliphatic rings. The second-order valence-electron chi connectivity index (χ2n) is 7.77. The number of fused-ring (bicyclic) bond motifs is 1. The molecule has 2 unspecified atom stereocenters. The standard InChI is InChI=1S/C20H25F2N5O2/c1-23-19(28)26-10-14(22)8-17(11-26)27(16-3-4-16)20(29)24-9-15-7-12-6-13(21)2-5-18(12)25-15/h2,5-7,14,16-17,25H,3-4,8-11H2,1H3,(H,23,28)(H,24,29). The number of aromatic nitrogens is 1. The van der Waals surface area contributed by atoms with Crippen molar-refractivity contribution in [2.24, 2.45) is 0 Å². The maximum Gasteiger partial charge on any atom is 0.318 e. The predicted octanol–water partition coefficient (Wildman–Crippen LogP) is 2.73. The normalized spacial score (nSPS) is 21.8. The Hall–Kier alpha value is -2.84. The predicted molar refractivity (Wildman–Crippen MR) is 105 cm³/mol. The van der Waals surface area contributed by atoms with Gasteiger partial charge in [-0.3, -0.25) is 0 Å². The number of H-pyrrole nitrogens is 1. The third-order valence-corrected chi connectivity index (χ3v) is 5.52. The number of hydrogen-bond acceptors (Lipinski definition) is 2. The summed E-state index contributed by atoms with van der Waals surface area (Å²) < 4.78 is 27.6. The van der Waals surface area contributed by atoms with Crippen LogP contribution in [0.5, 0.6) is 0 Å². The molecule has 9 heteroatoms. The Morgan fingerprint density at radius 3 is 2.76 bits per heavy atom. The molecular weight excluding hydrogens is 380 g/mol. The van der Waals surface area contributed by atoms with Crippen LogP contribution in [-0.2, 0) is 6.54 Å². The number of aromatic amines is 1. The molecule has 1 aromatic carbocycles. The van der Waals surface area contributed by atoms with Gasteiger partial charge in [0.1, 0.15) is 12.0 Å². The van der Waals surface area contributed by atoms with Gasteiger partial charge in [0.15, 0.2) is 0 Å². The number of likely N-dealkylation sites (tertiary alicyclic amines) is 1. The smallest absolute Gasteiger partial charge is 0.318 e. The van der Waals surface area contributed by atoms with E-state index in [-0.39, 0.29) is 49.5 Å². The van der Waals surface area contributed by atoms with Gasteiger partial charge in [0, 0.05) is 42.7 Å². The molecule has 4 amide bonds. The number of piperidine rings is 1. The fraction of sp³-hybridized carbons (Fsp3) is 0.500. The SMILES string of the molecule is CNC(=O)N1CC(F)CC(N(C(=O)NCc2cc3cc(F)ccc3[nH]2)C2CC2)C1. The van der Waals surface area contributed by atoms with Crippen LogP contribution in [0, 0.1) is 5.82 Å². The van der Waals surface area contributed by atoms with Crippen molar-refractivity contribution in [1.82, 2.24) is 25.4 Å². The Labute approximate surface area is 167 Å². The average molecular weight is 405 g/mol. The van der Waals surface area contributed by atoms with Gasteiger partial charge in [-0.25, -0.2) is 18.4 Å². The number of benzene rings is 1. The van der Waals surface area contributed by atoms with E-state index in [0.29, 0.717) is 6.54 Å². The van der Waals surface area contributed by atoms with Crippen LogP contribution in [0.15, 0.2) is 24.3 Å². The number of nitrogens with one attached hydrogen (secondary N) is 3. The summed E-state index contributed by atoms with van der Waals surface area (Å²) in [5.74, 6) is -0.314. The minimum absolute atomic E-state index is 0.0436. The van der Waals surface area contributed by atoms with E-state index in [1.165, 1.54) is 24.1 Å². The van der Waals surface area contributed by atoms with E-state index in [9.17, 15) is 18.4 Å². The molecule has 2 heterocycles. The number of carbonyl (C=O) groups is 2. The fourth-order valence-corrected chi connectivity index (χ4v) is 4.04. The first-order valence-electron chi connectivity index (χ1n) is 9.88. The zero-order valence-electron chi connectivity index (χ0n) is 16.3. The van der Waals surface area contributed by atoms with Crippen molar-refractivity contribution in [1.29, 1.82) is 0 Å². The molecule has 29 heavy (non-hydrogen) atoms. The number of halogens is 2. The van der Waals surface area contributed by atoms with Crippen molar-refractivity contribution in [3.05, 3.63) is 35.8 Å². The molecule has 1 aliphatic heterocycles. The van der Waals surface area contributed by atoms with Crippen molar-refractivity contribution in [3.8, 4) is 0 Å². The van der Waals surface area contributed by atoms with Crippen molar-refractivity contribution in [3.63, 3.8) is 0 Å². The zero-order chi connectivity index (χ0) is 20.5. The maximum absolute atomic E-state index is 14.3. The molecule has 4 rings (SSSR count). The lowest BCUT2D eigenvalue weighted by molar-refractivity contribution is 0.0758. The summed E-state index contributed by atoms with van der Waals surface area (Å²) in [5, 5.41) is 6.15. The lowest BCUT2D eigenvalue weighted by Gasteiger charge is -2.40. The molecule has 1 saturated carbocycles. The van der Waals surface area contributed by atoms with E-state index in [1.54, 1.807) is 17.0 Å². The summed E-state index contributed by atoms with van der Waals surface area (Å²) in [4.78, 5) is 31.2. The first kappa shape index (κ1) is 19.5. The second kappa shape index (κ2) is 7.88. The van der Waals surface area contributed by atoms with E-state index in [1.807, 2.05) is 0 Å². The van der Waals surface area contributed by atoms with Gasteiger partial charge < -0.3 is 25.4 Å². The van der Waals surface area contributed by atoms with Gasteiger partial charge in [0.05, 0.1) is 19.1 Å². The van der Waals surface area contributed by atoms with Gasteiger partial charge in [0.25, 0.3) is 0 Å². The number of rotatable bonds is 4. The van der Waals surface area contributed by atoms with Gasteiger partial charge in [-0.15, -0.1) is 0 Å². The minimum atomic E-state index is -1.16. The molecule has 1 aliphatic carbocycles. The maximum atomic E-state index is 14.3. The topological polar surface area (TPSA) is 80.5 Å². The number of alkyl halides is 1. The monoisotopic (exact) mass is 405 g/mol. The number of amides is 4. The number of hydrogen-bond donors (Lipinski definition) is 3. The molecule has 0 bridgehead atoms. The van der Waals surface area contributed by atoms with Crippen LogP contribution in [0.25, 0.3) is 10.9 Å². The van der Waals surface area contributed by atoms with Gasteiger partial charge in [-0.1, -0.05) is 0 Å². The molecule has 2 atom stereocenters. The van der Waals surface area contributed by atoms with E-state index < -0.39 is 6.17 Å². The lowest BCUT2D eigenvalue weighted by atomic mass is 10.0. The lowest BCUT2D eigenvalue weighted by Crippen LogP contribution is -2.58. The van der Waals surface area contributed by atoms with Crippen molar-refractivity contribution in [2.75, 3.05) is 20.1 Å². The average Bonchev–Trinajstić information content (AvgIpc) is 3.44. The van der Waals surface area contributed by atoms with Crippen molar-refractivity contribution >= 4 is 23.0 Å². The Balaban J connectivity index is 1.43. The second-order valence-corrected chi connectivity index (χ2v) is 7.77. The van der Waals surface area contributed by atoms with E-state index >= 15 is 0 Å². The quantitative estimate of drug-likeness (QED) is 0.731. The summed E-state index contributed by atoms with van der Waals surface area (Å²) in [6, 6.07) is 5.38. The van der Waals surface area contributed by atoms with Gasteiger partial charge in [-0.05, 0) is 37.1 Å². The first-order valence-corrected chi connectivity index (χ1v) is 9.88. The molecule has 2 fully saturated rings. The number of urea groups is 2. The van der Waals surface area contributed by atoms with E-state index in [4.69, 9.17) is 0 Å². The Morgan fingerprint density at radius 2 is 2.03 bits per heavy atom. The molecule has 156 valence electrons. The van der Waals surface area contributed by atoms with Gasteiger partial charge in [0.2, 0.25) is 0 Å². The summed E-state index contributed by atoms with van der Waals surface area (Å²) >= 11 is 0. The third-order valence-electron chi connectivity index (χ3n) is 5.52. The highest BCUT2D eigenvalue weighted by atomic mass is 19.1. The van der Waals surface area contributed by atoms with Crippen LogP contribution in [0.3, 0.4) is 0 Å². The van der Waals surface area contributed by atoms with Crippen LogP contribution < -0.4 is 10.6 Å². The fourth-order valence-electron chi connectivity index (χ4n) is 4.04. The largest absolute Gasteiger partial charge is 0.357 e. The van der Waals surface area contributed by atoms with E-state index in [2.05, 4.69) is 15.6 Å². The van der Waals surface area contributed by atoms with Crippen LogP contribution in [0.4, 0.5) is 18.4 Å². The third kappa shape index (κ3) is 4.28. The van der Waals surface area contributed by atoms with Crippen LogP contribution in [0.1, 0.15) is 25.0 Å². The summed E-state index contributed by atoms with van der Waals surface area (Å²) in [7, 11) is 1.51. The highest BCUT2D eigenvalue weighted by Crippen LogP contribution is 2.32.